The van der Waals surface area contributed by atoms with E-state index in [4.69, 9.17) is 9.26 Å². The maximum Gasteiger partial charge on any atom is 0.245 e. The Morgan fingerprint density at radius 2 is 1.96 bits per heavy atom. The van der Waals surface area contributed by atoms with Crippen molar-refractivity contribution in [2.45, 2.75) is 13.3 Å². The summed E-state index contributed by atoms with van der Waals surface area (Å²) in [7, 11) is 0. The third kappa shape index (κ3) is 6.17. The molecule has 1 aromatic carbocycles. The number of nitrogens with one attached hydrogen (secondary N) is 1. The number of rotatable bonds is 8. The maximum atomic E-state index is 12.8. The zero-order chi connectivity index (χ0) is 19.8. The predicted octanol–water partition coefficient (Wildman–Crippen LogP) is 1.33. The second kappa shape index (κ2) is 10.0. The van der Waals surface area contributed by atoms with Crippen LogP contribution in [0.25, 0.3) is 0 Å². The highest BCUT2D eigenvalue weighted by Gasteiger charge is 2.20. The van der Waals surface area contributed by atoms with Gasteiger partial charge in [0.2, 0.25) is 11.8 Å². The van der Waals surface area contributed by atoms with Crippen molar-refractivity contribution in [1.82, 2.24) is 15.0 Å². The monoisotopic (exact) mass is 386 g/mol. The fraction of sp³-hybridized carbons (Fsp3) is 0.450. The Morgan fingerprint density at radius 3 is 2.64 bits per heavy atom. The maximum absolute atomic E-state index is 12.8. The van der Waals surface area contributed by atoms with Gasteiger partial charge in [-0.2, -0.15) is 0 Å². The number of morpholine rings is 1. The highest BCUT2D eigenvalue weighted by Crippen LogP contribution is 2.08. The molecule has 1 aromatic heterocycles. The van der Waals surface area contributed by atoms with Gasteiger partial charge in [0.05, 0.1) is 26.2 Å². The zero-order valence-electron chi connectivity index (χ0n) is 16.1. The fourth-order valence-corrected chi connectivity index (χ4v) is 3.04. The van der Waals surface area contributed by atoms with Crippen LogP contribution in [-0.4, -0.2) is 72.7 Å². The van der Waals surface area contributed by atoms with Gasteiger partial charge in [-0.25, -0.2) is 0 Å². The van der Waals surface area contributed by atoms with Gasteiger partial charge in [-0.1, -0.05) is 35.5 Å². The first-order valence-corrected chi connectivity index (χ1v) is 9.45. The molecule has 150 valence electrons. The highest BCUT2D eigenvalue weighted by molar-refractivity contribution is 5.94. The standard InChI is InChI=1S/C20H26N4O4/c1-16-13-18(22-28-16)21-19(25)15-24(8-7-23-9-11-27-12-10-23)20(26)14-17-5-3-2-4-6-17/h2-6,13H,7-12,14-15H2,1H3,(H,21,22,25). The summed E-state index contributed by atoms with van der Waals surface area (Å²) in [6.07, 6.45) is 0.264. The van der Waals surface area contributed by atoms with Crippen LogP contribution in [0.2, 0.25) is 0 Å². The van der Waals surface area contributed by atoms with Crippen LogP contribution in [0.3, 0.4) is 0 Å². The molecule has 1 saturated heterocycles. The van der Waals surface area contributed by atoms with E-state index in [-0.39, 0.29) is 24.8 Å². The minimum absolute atomic E-state index is 0.0259. The second-order valence-corrected chi connectivity index (χ2v) is 6.80. The van der Waals surface area contributed by atoms with Gasteiger partial charge >= 0.3 is 0 Å². The summed E-state index contributed by atoms with van der Waals surface area (Å²) >= 11 is 0. The van der Waals surface area contributed by atoms with E-state index in [0.717, 1.165) is 18.7 Å². The second-order valence-electron chi connectivity index (χ2n) is 6.80. The third-order valence-corrected chi connectivity index (χ3v) is 4.57. The number of hydrogen-bond acceptors (Lipinski definition) is 6. The summed E-state index contributed by atoms with van der Waals surface area (Å²) < 4.78 is 10.3. The SMILES string of the molecule is Cc1cc(NC(=O)CN(CCN2CCOCC2)C(=O)Cc2ccccc2)no1. The molecule has 8 nitrogen and oxygen atoms in total. The molecular formula is C20H26N4O4. The van der Waals surface area contributed by atoms with Crippen molar-refractivity contribution < 1.29 is 18.8 Å². The topological polar surface area (TPSA) is 87.9 Å². The van der Waals surface area contributed by atoms with Crippen molar-refractivity contribution in [1.29, 1.82) is 0 Å². The summed E-state index contributed by atoms with van der Waals surface area (Å²) in [6, 6.07) is 11.2. The number of ether oxygens (including phenoxy) is 1. The fourth-order valence-electron chi connectivity index (χ4n) is 3.04. The molecular weight excluding hydrogens is 360 g/mol. The predicted molar refractivity (Wildman–Crippen MR) is 104 cm³/mol. The number of aromatic nitrogens is 1. The number of anilines is 1. The van der Waals surface area contributed by atoms with Crippen LogP contribution in [0.4, 0.5) is 5.82 Å². The van der Waals surface area contributed by atoms with Gasteiger partial charge < -0.3 is 19.5 Å². The molecule has 8 heteroatoms. The van der Waals surface area contributed by atoms with E-state index in [1.807, 2.05) is 30.3 Å². The molecule has 0 radical (unpaired) electrons. The molecule has 1 fully saturated rings. The molecule has 0 aliphatic carbocycles. The Bertz CT molecular complexity index is 772. The van der Waals surface area contributed by atoms with Gasteiger partial charge in [-0.3, -0.25) is 14.5 Å². The summed E-state index contributed by atoms with van der Waals surface area (Å²) in [6.45, 7) is 5.99. The van der Waals surface area contributed by atoms with E-state index in [1.54, 1.807) is 17.9 Å². The van der Waals surface area contributed by atoms with Crippen molar-refractivity contribution in [3.8, 4) is 0 Å². The first-order valence-electron chi connectivity index (χ1n) is 9.45. The lowest BCUT2D eigenvalue weighted by atomic mass is 10.1. The van der Waals surface area contributed by atoms with Gasteiger partial charge in [-0.15, -0.1) is 0 Å². The Kier molecular flexibility index (Phi) is 7.16. The molecule has 0 unspecified atom stereocenters. The number of carbonyl (C=O) groups excluding carboxylic acids is 2. The van der Waals surface area contributed by atoms with E-state index < -0.39 is 0 Å². The third-order valence-electron chi connectivity index (χ3n) is 4.57. The molecule has 28 heavy (non-hydrogen) atoms. The number of benzene rings is 1. The van der Waals surface area contributed by atoms with Crippen molar-refractivity contribution in [2.24, 2.45) is 0 Å². The molecule has 2 heterocycles. The van der Waals surface area contributed by atoms with Crippen molar-refractivity contribution in [3.05, 3.63) is 47.7 Å². The lowest BCUT2D eigenvalue weighted by Crippen LogP contribution is -2.45. The number of amides is 2. The molecule has 1 aliphatic rings. The molecule has 1 aliphatic heterocycles. The Morgan fingerprint density at radius 1 is 1.21 bits per heavy atom. The van der Waals surface area contributed by atoms with Gasteiger partial charge in [-0.05, 0) is 12.5 Å². The Balaban J connectivity index is 1.60. The molecule has 2 aromatic rings. The normalized spacial score (nSPS) is 14.6. The molecule has 0 saturated carbocycles. The van der Waals surface area contributed by atoms with Gasteiger partial charge in [0.1, 0.15) is 5.76 Å². The van der Waals surface area contributed by atoms with E-state index in [9.17, 15) is 9.59 Å². The minimum atomic E-state index is -0.295. The Hall–Kier alpha value is -2.71. The largest absolute Gasteiger partial charge is 0.379 e. The van der Waals surface area contributed by atoms with Crippen LogP contribution in [0.5, 0.6) is 0 Å². The number of hydrogen-bond donors (Lipinski definition) is 1. The van der Waals surface area contributed by atoms with Crippen LogP contribution < -0.4 is 5.32 Å². The van der Waals surface area contributed by atoms with Crippen molar-refractivity contribution in [3.63, 3.8) is 0 Å². The highest BCUT2D eigenvalue weighted by atomic mass is 16.5. The van der Waals surface area contributed by atoms with E-state index in [2.05, 4.69) is 15.4 Å². The van der Waals surface area contributed by atoms with E-state index in [1.165, 1.54) is 0 Å². The smallest absolute Gasteiger partial charge is 0.245 e. The molecule has 3 rings (SSSR count). The average Bonchev–Trinajstić information content (AvgIpc) is 3.11. The van der Waals surface area contributed by atoms with Crippen LogP contribution in [0.1, 0.15) is 11.3 Å². The van der Waals surface area contributed by atoms with E-state index >= 15 is 0 Å². The van der Waals surface area contributed by atoms with Crippen LogP contribution in [0.15, 0.2) is 40.9 Å². The van der Waals surface area contributed by atoms with Crippen LogP contribution >= 0.6 is 0 Å². The number of aryl methyl sites for hydroxylation is 1. The quantitative estimate of drug-likeness (QED) is 0.736. The van der Waals surface area contributed by atoms with Gasteiger partial charge in [0.15, 0.2) is 5.82 Å². The summed E-state index contributed by atoms with van der Waals surface area (Å²) in [5.74, 6) is 0.591. The Labute approximate surface area is 164 Å². The molecule has 0 spiro atoms. The van der Waals surface area contributed by atoms with Gasteiger partial charge in [0.25, 0.3) is 0 Å². The van der Waals surface area contributed by atoms with Crippen LogP contribution in [-0.2, 0) is 20.7 Å². The summed E-state index contributed by atoms with van der Waals surface area (Å²) in [5.41, 5.74) is 0.927. The number of nitrogens with zero attached hydrogens (tertiary/aromatic N) is 3. The zero-order valence-corrected chi connectivity index (χ0v) is 16.1. The lowest BCUT2D eigenvalue weighted by molar-refractivity contribution is -0.134. The lowest BCUT2D eigenvalue weighted by Gasteiger charge is -2.30. The van der Waals surface area contributed by atoms with Crippen molar-refractivity contribution >= 4 is 17.6 Å². The summed E-state index contributed by atoms with van der Waals surface area (Å²) in [5, 5.41) is 6.44. The van der Waals surface area contributed by atoms with Crippen molar-refractivity contribution in [2.75, 3.05) is 51.3 Å². The molecule has 2 amide bonds. The average molecular weight is 386 g/mol. The number of carbonyl (C=O) groups is 2. The first kappa shape index (κ1) is 20.0. The van der Waals surface area contributed by atoms with E-state index in [0.29, 0.717) is 37.9 Å². The molecule has 1 N–H and O–H groups in total. The molecule has 0 atom stereocenters. The molecule has 0 bridgehead atoms. The first-order chi connectivity index (χ1) is 13.6. The minimum Gasteiger partial charge on any atom is -0.379 e. The van der Waals surface area contributed by atoms with Gasteiger partial charge in [0, 0.05) is 32.2 Å². The van der Waals surface area contributed by atoms with Crippen LogP contribution in [0, 0.1) is 6.92 Å². The summed E-state index contributed by atoms with van der Waals surface area (Å²) in [4.78, 5) is 29.1.